The minimum atomic E-state index is -0.532. The van der Waals surface area contributed by atoms with Gasteiger partial charge in [0.25, 0.3) is 0 Å². The summed E-state index contributed by atoms with van der Waals surface area (Å²) in [6, 6.07) is 8.14. The number of hydrogen-bond acceptors (Lipinski definition) is 1. The van der Waals surface area contributed by atoms with E-state index >= 15 is 0 Å². The summed E-state index contributed by atoms with van der Waals surface area (Å²) >= 11 is 5.59. The molecule has 1 N–H and O–H groups in total. The number of rotatable bonds is 7. The monoisotopic (exact) mass is 240 g/mol. The van der Waals surface area contributed by atoms with Crippen LogP contribution in [0.25, 0.3) is 0 Å². The molecule has 1 aromatic rings. The Kier molecular flexibility index (Phi) is 6.51. The molecule has 0 aliphatic heterocycles. The third kappa shape index (κ3) is 4.54. The molecule has 0 heterocycles. The number of alkyl halides is 1. The number of aliphatic hydroxyl groups is 1. The highest BCUT2D eigenvalue weighted by atomic mass is 35.5. The summed E-state index contributed by atoms with van der Waals surface area (Å²) in [6.45, 7) is 2.22. The van der Waals surface area contributed by atoms with Crippen molar-refractivity contribution in [3.63, 3.8) is 0 Å². The fraction of sp³-hybridized carbons (Fsp3) is 0.571. The first kappa shape index (κ1) is 13.5. The standard InChI is InChI=1S/C14H21ClO/c1-2-3-4-5-6-12-7-9-13(10-8-12)14(16)11-15/h7-10,14,16H,2-6,11H2,1H3/t14-/m0/s1. The van der Waals surface area contributed by atoms with Gasteiger partial charge in [-0.25, -0.2) is 0 Å². The maximum Gasteiger partial charge on any atom is 0.0925 e. The largest absolute Gasteiger partial charge is 0.387 e. The van der Waals surface area contributed by atoms with E-state index in [-0.39, 0.29) is 5.88 Å². The molecule has 16 heavy (non-hydrogen) atoms. The molecule has 1 aromatic carbocycles. The van der Waals surface area contributed by atoms with Crippen LogP contribution >= 0.6 is 11.6 Å². The van der Waals surface area contributed by atoms with E-state index in [1.165, 1.54) is 31.2 Å². The Morgan fingerprint density at radius 1 is 1.12 bits per heavy atom. The van der Waals surface area contributed by atoms with Crippen LogP contribution in [0.15, 0.2) is 24.3 Å². The van der Waals surface area contributed by atoms with E-state index < -0.39 is 6.10 Å². The predicted octanol–water partition coefficient (Wildman–Crippen LogP) is 4.08. The molecule has 0 aliphatic rings. The van der Waals surface area contributed by atoms with Gasteiger partial charge in [0.1, 0.15) is 0 Å². The predicted molar refractivity (Wildman–Crippen MR) is 70.0 cm³/mol. The van der Waals surface area contributed by atoms with Crippen molar-refractivity contribution < 1.29 is 5.11 Å². The Morgan fingerprint density at radius 2 is 1.81 bits per heavy atom. The van der Waals surface area contributed by atoms with Crippen LogP contribution in [-0.4, -0.2) is 11.0 Å². The van der Waals surface area contributed by atoms with Crippen molar-refractivity contribution in [3.05, 3.63) is 35.4 Å². The van der Waals surface area contributed by atoms with Crippen molar-refractivity contribution in [3.8, 4) is 0 Å². The SMILES string of the molecule is CCCCCCc1ccc([C@@H](O)CCl)cc1. The Morgan fingerprint density at radius 3 is 2.38 bits per heavy atom. The van der Waals surface area contributed by atoms with E-state index in [1.807, 2.05) is 12.1 Å². The molecule has 2 heteroatoms. The molecule has 0 spiro atoms. The molecule has 0 radical (unpaired) electrons. The van der Waals surface area contributed by atoms with Gasteiger partial charge < -0.3 is 5.11 Å². The van der Waals surface area contributed by atoms with E-state index in [0.717, 1.165) is 12.0 Å². The summed E-state index contributed by atoms with van der Waals surface area (Å²) in [4.78, 5) is 0. The molecule has 0 saturated carbocycles. The number of hydrogen-bond donors (Lipinski definition) is 1. The number of aryl methyl sites for hydroxylation is 1. The minimum absolute atomic E-state index is 0.260. The Balaban J connectivity index is 2.39. The van der Waals surface area contributed by atoms with Gasteiger partial charge in [0, 0.05) is 0 Å². The lowest BCUT2D eigenvalue weighted by molar-refractivity contribution is 0.202. The summed E-state index contributed by atoms with van der Waals surface area (Å²) in [7, 11) is 0. The molecule has 1 nitrogen and oxygen atoms in total. The van der Waals surface area contributed by atoms with E-state index in [9.17, 15) is 5.11 Å². The molecule has 90 valence electrons. The maximum absolute atomic E-state index is 9.53. The third-order valence-corrected chi connectivity index (χ3v) is 3.12. The number of unbranched alkanes of at least 4 members (excludes halogenated alkanes) is 3. The molecule has 0 saturated heterocycles. The van der Waals surface area contributed by atoms with Gasteiger partial charge in [-0.15, -0.1) is 11.6 Å². The molecule has 1 atom stereocenters. The first-order valence-electron chi connectivity index (χ1n) is 6.10. The minimum Gasteiger partial charge on any atom is -0.387 e. The molecule has 1 rings (SSSR count). The molecule has 0 bridgehead atoms. The summed E-state index contributed by atoms with van der Waals surface area (Å²) in [6.07, 6.45) is 5.77. The first-order valence-corrected chi connectivity index (χ1v) is 6.64. The molecule has 0 aromatic heterocycles. The van der Waals surface area contributed by atoms with Gasteiger partial charge in [-0.05, 0) is 24.0 Å². The second-order valence-electron chi connectivity index (χ2n) is 4.22. The van der Waals surface area contributed by atoms with Crippen LogP contribution in [0.3, 0.4) is 0 Å². The van der Waals surface area contributed by atoms with Crippen LogP contribution < -0.4 is 0 Å². The van der Waals surface area contributed by atoms with E-state index in [2.05, 4.69) is 19.1 Å². The van der Waals surface area contributed by atoms with E-state index in [4.69, 9.17) is 11.6 Å². The lowest BCUT2D eigenvalue weighted by Crippen LogP contribution is -1.98. The Labute approximate surface area is 103 Å². The van der Waals surface area contributed by atoms with Crippen molar-refractivity contribution in [1.82, 2.24) is 0 Å². The Bertz CT molecular complexity index is 281. The number of aliphatic hydroxyl groups excluding tert-OH is 1. The lowest BCUT2D eigenvalue weighted by atomic mass is 10.0. The zero-order chi connectivity index (χ0) is 11.8. The number of benzene rings is 1. The van der Waals surface area contributed by atoms with Gasteiger partial charge in [0.2, 0.25) is 0 Å². The molecule has 0 unspecified atom stereocenters. The average Bonchev–Trinajstić information content (AvgIpc) is 2.34. The molecular formula is C14H21ClO. The van der Waals surface area contributed by atoms with Crippen molar-refractivity contribution in [2.75, 3.05) is 5.88 Å². The summed E-state index contributed by atoms with van der Waals surface area (Å²) in [5, 5.41) is 9.53. The highest BCUT2D eigenvalue weighted by molar-refractivity contribution is 6.18. The van der Waals surface area contributed by atoms with Crippen molar-refractivity contribution in [2.24, 2.45) is 0 Å². The van der Waals surface area contributed by atoms with Crippen LogP contribution in [0.2, 0.25) is 0 Å². The van der Waals surface area contributed by atoms with Crippen LogP contribution in [0.1, 0.15) is 49.8 Å². The molecule has 0 fully saturated rings. The average molecular weight is 241 g/mol. The molecular weight excluding hydrogens is 220 g/mol. The zero-order valence-corrected chi connectivity index (χ0v) is 10.7. The third-order valence-electron chi connectivity index (χ3n) is 2.83. The smallest absolute Gasteiger partial charge is 0.0925 e. The van der Waals surface area contributed by atoms with Crippen LogP contribution in [0.5, 0.6) is 0 Å². The zero-order valence-electron chi connectivity index (χ0n) is 9.95. The highest BCUT2D eigenvalue weighted by Crippen LogP contribution is 2.16. The second kappa shape index (κ2) is 7.70. The van der Waals surface area contributed by atoms with Gasteiger partial charge in [-0.3, -0.25) is 0 Å². The van der Waals surface area contributed by atoms with Crippen LogP contribution in [0, 0.1) is 0 Å². The van der Waals surface area contributed by atoms with Crippen LogP contribution in [0.4, 0.5) is 0 Å². The maximum atomic E-state index is 9.53. The first-order chi connectivity index (χ1) is 7.77. The van der Waals surface area contributed by atoms with Crippen LogP contribution in [-0.2, 0) is 6.42 Å². The van der Waals surface area contributed by atoms with E-state index in [1.54, 1.807) is 0 Å². The van der Waals surface area contributed by atoms with Crippen molar-refractivity contribution in [1.29, 1.82) is 0 Å². The summed E-state index contributed by atoms with van der Waals surface area (Å²) < 4.78 is 0. The quantitative estimate of drug-likeness (QED) is 0.563. The van der Waals surface area contributed by atoms with Gasteiger partial charge in [0.15, 0.2) is 0 Å². The second-order valence-corrected chi connectivity index (χ2v) is 4.53. The summed E-state index contributed by atoms with van der Waals surface area (Å²) in [5.41, 5.74) is 2.26. The Hall–Kier alpha value is -0.530. The fourth-order valence-corrected chi connectivity index (χ4v) is 1.93. The topological polar surface area (TPSA) is 20.2 Å². The molecule has 0 amide bonds. The van der Waals surface area contributed by atoms with Crippen molar-refractivity contribution in [2.45, 2.75) is 45.1 Å². The van der Waals surface area contributed by atoms with Gasteiger partial charge in [0.05, 0.1) is 12.0 Å². The number of halogens is 1. The van der Waals surface area contributed by atoms with E-state index in [0.29, 0.717) is 0 Å². The normalized spacial score (nSPS) is 12.7. The van der Waals surface area contributed by atoms with Gasteiger partial charge in [-0.2, -0.15) is 0 Å². The highest BCUT2D eigenvalue weighted by Gasteiger charge is 2.04. The summed E-state index contributed by atoms with van der Waals surface area (Å²) in [5.74, 6) is 0.260. The molecule has 0 aliphatic carbocycles. The van der Waals surface area contributed by atoms with Gasteiger partial charge >= 0.3 is 0 Å². The fourth-order valence-electron chi connectivity index (χ4n) is 1.75. The van der Waals surface area contributed by atoms with Crippen molar-refractivity contribution >= 4 is 11.6 Å². The lowest BCUT2D eigenvalue weighted by Gasteiger charge is -2.08. The van der Waals surface area contributed by atoms with Gasteiger partial charge in [-0.1, -0.05) is 50.5 Å².